The molecule has 0 fully saturated rings. The normalized spacial score (nSPS) is 12.3. The van der Waals surface area contributed by atoms with Gasteiger partial charge in [-0.2, -0.15) is 4.98 Å². The Bertz CT molecular complexity index is 1350. The third kappa shape index (κ3) is 5.28. The third-order valence-corrected chi connectivity index (χ3v) is 6.24. The minimum atomic E-state index is -3.45. The quantitative estimate of drug-likeness (QED) is 0.338. The van der Waals surface area contributed by atoms with Gasteiger partial charge in [-0.15, -0.1) is 10.2 Å². The van der Waals surface area contributed by atoms with Gasteiger partial charge in [0.15, 0.2) is 9.84 Å². The van der Waals surface area contributed by atoms with Crippen LogP contribution in [0.15, 0.2) is 70.4 Å². The molecule has 0 amide bonds. The van der Waals surface area contributed by atoms with Crippen molar-refractivity contribution in [3.8, 4) is 11.5 Å². The molecule has 2 heterocycles. The van der Waals surface area contributed by atoms with Gasteiger partial charge in [-0.1, -0.05) is 41.9 Å². The van der Waals surface area contributed by atoms with E-state index in [-0.39, 0.29) is 28.4 Å². The largest absolute Gasteiger partial charge is 0.423 e. The number of halogens is 1. The van der Waals surface area contributed by atoms with E-state index in [0.717, 1.165) is 11.8 Å². The maximum atomic E-state index is 11.8. The number of aliphatic hydroxyl groups excluding tert-OH is 1. The zero-order chi connectivity index (χ0) is 23.4. The van der Waals surface area contributed by atoms with E-state index in [0.29, 0.717) is 17.1 Å². The molecule has 1 atom stereocenters. The molecule has 0 saturated heterocycles. The smallest absolute Gasteiger partial charge is 0.252 e. The second-order valence-electron chi connectivity index (χ2n) is 7.03. The first kappa shape index (κ1) is 22.6. The van der Waals surface area contributed by atoms with Crippen molar-refractivity contribution in [1.29, 1.82) is 0 Å². The van der Waals surface area contributed by atoms with E-state index in [9.17, 15) is 13.5 Å². The molecule has 12 heteroatoms. The minimum absolute atomic E-state index is 0.0263. The topological polar surface area (TPSA) is 143 Å². The van der Waals surface area contributed by atoms with Gasteiger partial charge in [-0.05, 0) is 23.8 Å². The molecule has 3 N–H and O–H groups in total. The van der Waals surface area contributed by atoms with Crippen LogP contribution < -0.4 is 10.6 Å². The van der Waals surface area contributed by atoms with E-state index in [1.165, 1.54) is 24.7 Å². The molecule has 0 saturated carbocycles. The average Bonchev–Trinajstić information content (AvgIpc) is 3.32. The molecule has 170 valence electrons. The number of hydrogen-bond donors (Lipinski definition) is 3. The van der Waals surface area contributed by atoms with Gasteiger partial charge in [0, 0.05) is 18.1 Å². The van der Waals surface area contributed by atoms with Gasteiger partial charge in [0.05, 0.1) is 28.1 Å². The van der Waals surface area contributed by atoms with Crippen molar-refractivity contribution in [2.75, 3.05) is 23.5 Å². The predicted octanol–water partition coefficient (Wildman–Crippen LogP) is 3.47. The summed E-state index contributed by atoms with van der Waals surface area (Å²) in [5.74, 6) is 0.751. The SMILES string of the molecule is CS(=O)(=O)c1ccc(Nc2ncc(-c3nnco3)c(N[C@H](CO)c3ccccc3)n2)cc1Cl. The summed E-state index contributed by atoms with van der Waals surface area (Å²) in [6, 6.07) is 13.4. The highest BCUT2D eigenvalue weighted by Gasteiger charge is 2.19. The summed E-state index contributed by atoms with van der Waals surface area (Å²) in [6.45, 7) is -0.192. The molecule has 0 aliphatic rings. The minimum Gasteiger partial charge on any atom is -0.423 e. The lowest BCUT2D eigenvalue weighted by molar-refractivity contribution is 0.276. The first-order valence-electron chi connectivity index (χ1n) is 9.67. The van der Waals surface area contributed by atoms with Crippen LogP contribution in [-0.4, -0.2) is 46.6 Å². The van der Waals surface area contributed by atoms with Crippen molar-refractivity contribution in [3.63, 3.8) is 0 Å². The maximum absolute atomic E-state index is 11.8. The number of rotatable bonds is 8. The summed E-state index contributed by atoms with van der Waals surface area (Å²) < 4.78 is 28.9. The van der Waals surface area contributed by atoms with Crippen molar-refractivity contribution in [3.05, 3.63) is 71.7 Å². The number of nitrogens with zero attached hydrogens (tertiary/aromatic N) is 4. The summed E-state index contributed by atoms with van der Waals surface area (Å²) >= 11 is 6.13. The van der Waals surface area contributed by atoms with Crippen LogP contribution in [0.3, 0.4) is 0 Å². The molecule has 33 heavy (non-hydrogen) atoms. The number of hydrogen-bond acceptors (Lipinski definition) is 10. The van der Waals surface area contributed by atoms with Crippen LogP contribution in [0.25, 0.3) is 11.5 Å². The van der Waals surface area contributed by atoms with Crippen molar-refractivity contribution < 1.29 is 17.9 Å². The van der Waals surface area contributed by atoms with Gasteiger partial charge in [0.2, 0.25) is 12.3 Å². The average molecular weight is 487 g/mol. The summed E-state index contributed by atoms with van der Waals surface area (Å²) in [4.78, 5) is 8.81. The number of nitrogens with one attached hydrogen (secondary N) is 2. The van der Waals surface area contributed by atoms with Crippen LogP contribution in [0.5, 0.6) is 0 Å². The Morgan fingerprint density at radius 3 is 2.61 bits per heavy atom. The molecule has 0 aliphatic carbocycles. The number of anilines is 3. The summed E-state index contributed by atoms with van der Waals surface area (Å²) in [7, 11) is -3.45. The molecular weight excluding hydrogens is 468 g/mol. The number of sulfone groups is 1. The summed E-state index contributed by atoms with van der Waals surface area (Å²) in [5.41, 5.74) is 1.79. The lowest BCUT2D eigenvalue weighted by atomic mass is 10.1. The Morgan fingerprint density at radius 1 is 1.18 bits per heavy atom. The van der Waals surface area contributed by atoms with Crippen molar-refractivity contribution in [2.24, 2.45) is 0 Å². The molecule has 0 radical (unpaired) electrons. The summed E-state index contributed by atoms with van der Waals surface area (Å²) in [6.07, 6.45) is 3.78. The van der Waals surface area contributed by atoms with Crippen LogP contribution in [0, 0.1) is 0 Å². The van der Waals surface area contributed by atoms with E-state index in [2.05, 4.69) is 30.8 Å². The van der Waals surface area contributed by atoms with Crippen molar-refractivity contribution >= 4 is 38.9 Å². The molecule has 0 spiro atoms. The second-order valence-corrected chi connectivity index (χ2v) is 9.42. The van der Waals surface area contributed by atoms with Gasteiger partial charge in [0.1, 0.15) is 5.82 Å². The first-order chi connectivity index (χ1) is 15.8. The van der Waals surface area contributed by atoms with E-state index in [1.807, 2.05) is 30.3 Å². The predicted molar refractivity (Wildman–Crippen MR) is 123 cm³/mol. The Morgan fingerprint density at radius 2 is 1.97 bits per heavy atom. The van der Waals surface area contributed by atoms with E-state index in [1.54, 1.807) is 6.07 Å². The van der Waals surface area contributed by atoms with Gasteiger partial charge in [-0.25, -0.2) is 13.4 Å². The fourth-order valence-electron chi connectivity index (χ4n) is 3.09. The van der Waals surface area contributed by atoms with Crippen LogP contribution in [0.1, 0.15) is 11.6 Å². The Kier molecular flexibility index (Phi) is 6.54. The van der Waals surface area contributed by atoms with Crippen LogP contribution in [-0.2, 0) is 9.84 Å². The maximum Gasteiger partial charge on any atom is 0.252 e. The molecule has 2 aromatic carbocycles. The highest BCUT2D eigenvalue weighted by atomic mass is 35.5. The zero-order valence-electron chi connectivity index (χ0n) is 17.3. The molecule has 2 aromatic heterocycles. The summed E-state index contributed by atoms with van der Waals surface area (Å²) in [5, 5.41) is 23.8. The lowest BCUT2D eigenvalue weighted by Gasteiger charge is -2.19. The first-order valence-corrected chi connectivity index (χ1v) is 11.9. The molecule has 4 aromatic rings. The highest BCUT2D eigenvalue weighted by molar-refractivity contribution is 7.90. The van der Waals surface area contributed by atoms with E-state index in [4.69, 9.17) is 16.0 Å². The Labute approximate surface area is 194 Å². The molecule has 0 aliphatic heterocycles. The standard InChI is InChI=1S/C21H19ClN6O4S/c1-33(30,31)18-8-7-14(9-16(18)22)25-21-23-10-15(20-28-24-12-32-20)19(27-21)26-17(11-29)13-5-3-2-4-6-13/h2-10,12,17,29H,11H2,1H3,(H2,23,25,26,27)/t17-/m1/s1. The fourth-order valence-corrected chi connectivity index (χ4v) is 4.42. The molecule has 0 bridgehead atoms. The Hall–Kier alpha value is -3.54. The highest BCUT2D eigenvalue weighted by Crippen LogP contribution is 2.30. The van der Waals surface area contributed by atoms with E-state index >= 15 is 0 Å². The monoisotopic (exact) mass is 486 g/mol. The van der Waals surface area contributed by atoms with Gasteiger partial charge in [0.25, 0.3) is 5.89 Å². The molecular formula is C21H19ClN6O4S. The number of aromatic nitrogens is 4. The van der Waals surface area contributed by atoms with Crippen molar-refractivity contribution in [2.45, 2.75) is 10.9 Å². The number of aliphatic hydroxyl groups is 1. The lowest BCUT2D eigenvalue weighted by Crippen LogP contribution is -2.17. The second kappa shape index (κ2) is 9.53. The zero-order valence-corrected chi connectivity index (χ0v) is 18.9. The molecule has 4 rings (SSSR count). The van der Waals surface area contributed by atoms with Crippen LogP contribution in [0.2, 0.25) is 5.02 Å². The fraction of sp³-hybridized carbons (Fsp3) is 0.143. The third-order valence-electron chi connectivity index (χ3n) is 4.66. The van der Waals surface area contributed by atoms with Gasteiger partial charge < -0.3 is 20.2 Å². The number of benzene rings is 2. The Balaban J connectivity index is 1.67. The molecule has 0 unspecified atom stereocenters. The van der Waals surface area contributed by atoms with Crippen LogP contribution in [0.4, 0.5) is 17.5 Å². The van der Waals surface area contributed by atoms with Crippen molar-refractivity contribution in [1.82, 2.24) is 20.2 Å². The van der Waals surface area contributed by atoms with Gasteiger partial charge >= 0.3 is 0 Å². The molecule has 10 nitrogen and oxygen atoms in total. The van der Waals surface area contributed by atoms with Gasteiger partial charge in [-0.3, -0.25) is 0 Å². The van der Waals surface area contributed by atoms with E-state index < -0.39 is 15.9 Å². The van der Waals surface area contributed by atoms with Crippen LogP contribution >= 0.6 is 11.6 Å².